The van der Waals surface area contributed by atoms with E-state index in [1.54, 1.807) is 0 Å². The van der Waals surface area contributed by atoms with E-state index in [1.165, 1.54) is 19.3 Å². The highest BCUT2D eigenvalue weighted by Crippen LogP contribution is 2.35. The molecule has 7 heteroatoms. The third kappa shape index (κ3) is 5.55. The van der Waals surface area contributed by atoms with Crippen molar-refractivity contribution in [2.75, 3.05) is 64.1 Å². The molecule has 0 bridgehead atoms. The van der Waals surface area contributed by atoms with E-state index < -0.39 is 0 Å². The summed E-state index contributed by atoms with van der Waals surface area (Å²) in [5, 5.41) is 7.02. The molecule has 1 aromatic rings. The average Bonchev–Trinajstić information content (AvgIpc) is 2.80. The minimum atomic E-state index is 0.148. The fourth-order valence-corrected chi connectivity index (χ4v) is 6.01. The van der Waals surface area contributed by atoms with Crippen LogP contribution in [0, 0.1) is 11.8 Å². The van der Waals surface area contributed by atoms with Crippen LogP contribution in [0.4, 0.5) is 11.4 Å². The van der Waals surface area contributed by atoms with E-state index in [2.05, 4.69) is 49.5 Å². The lowest BCUT2D eigenvalue weighted by atomic mass is 9.80. The third-order valence-corrected chi connectivity index (χ3v) is 7.79. The zero-order chi connectivity index (χ0) is 21.8. The molecule has 1 aromatic carbocycles. The van der Waals surface area contributed by atoms with Gasteiger partial charge in [-0.15, -0.1) is 0 Å². The van der Waals surface area contributed by atoms with Gasteiger partial charge in [0.15, 0.2) is 0 Å². The summed E-state index contributed by atoms with van der Waals surface area (Å²) < 4.78 is 6.47. The molecule has 0 radical (unpaired) electrons. The summed E-state index contributed by atoms with van der Waals surface area (Å²) in [5.74, 6) is 1.65. The van der Waals surface area contributed by atoms with Crippen molar-refractivity contribution >= 4 is 33.2 Å². The van der Waals surface area contributed by atoms with E-state index in [0.29, 0.717) is 6.04 Å². The van der Waals surface area contributed by atoms with Crippen LogP contribution in [0.5, 0.6) is 0 Å². The van der Waals surface area contributed by atoms with Gasteiger partial charge in [-0.25, -0.2) is 0 Å². The maximum atomic E-state index is 13.6. The summed E-state index contributed by atoms with van der Waals surface area (Å²) in [4.78, 5) is 18.1. The van der Waals surface area contributed by atoms with Gasteiger partial charge >= 0.3 is 0 Å². The van der Waals surface area contributed by atoms with Gasteiger partial charge in [0.25, 0.3) is 5.91 Å². The first-order valence-corrected chi connectivity index (χ1v) is 12.7. The van der Waals surface area contributed by atoms with Crippen LogP contribution < -0.4 is 10.6 Å². The number of likely N-dealkylation sites (tertiary alicyclic amines) is 2. The SMILES string of the molecule is CNc1cc(Br)cc(C(=O)N2CCC(C3CCOCC3)CC2)c1NC1CCCN(C)C1. The number of halogens is 1. The molecule has 0 aromatic heterocycles. The summed E-state index contributed by atoms with van der Waals surface area (Å²) in [6, 6.07) is 4.41. The quantitative estimate of drug-likeness (QED) is 0.642. The molecule has 3 saturated heterocycles. The Kier molecular flexibility index (Phi) is 7.77. The highest BCUT2D eigenvalue weighted by Gasteiger charge is 2.31. The summed E-state index contributed by atoms with van der Waals surface area (Å²) in [6.45, 7) is 5.66. The lowest BCUT2D eigenvalue weighted by molar-refractivity contribution is 0.0288. The molecular weight excluding hydrogens is 456 g/mol. The third-order valence-electron chi connectivity index (χ3n) is 7.34. The van der Waals surface area contributed by atoms with Gasteiger partial charge in [0, 0.05) is 50.4 Å². The van der Waals surface area contributed by atoms with Crippen molar-refractivity contribution < 1.29 is 9.53 Å². The Hall–Kier alpha value is -1.31. The van der Waals surface area contributed by atoms with E-state index in [4.69, 9.17) is 4.74 Å². The number of hydrogen-bond acceptors (Lipinski definition) is 5. The van der Waals surface area contributed by atoms with Crippen molar-refractivity contribution in [1.82, 2.24) is 9.80 Å². The Bertz CT molecular complexity index is 760. The molecule has 3 aliphatic heterocycles. The molecule has 0 saturated carbocycles. The summed E-state index contributed by atoms with van der Waals surface area (Å²) in [6.07, 6.45) is 6.90. The van der Waals surface area contributed by atoms with Crippen LogP contribution in [-0.2, 0) is 4.74 Å². The molecule has 3 heterocycles. The number of anilines is 2. The van der Waals surface area contributed by atoms with Gasteiger partial charge in [0.05, 0.1) is 16.9 Å². The number of carbonyl (C=O) groups excluding carboxylic acids is 1. The Balaban J connectivity index is 1.48. The number of nitrogens with one attached hydrogen (secondary N) is 2. The number of carbonyl (C=O) groups is 1. The molecule has 6 nitrogen and oxygen atoms in total. The molecule has 3 aliphatic rings. The molecule has 1 amide bonds. The first-order chi connectivity index (χ1) is 15.0. The van der Waals surface area contributed by atoms with E-state index in [1.807, 2.05) is 13.1 Å². The number of nitrogens with zero attached hydrogens (tertiary/aromatic N) is 2. The highest BCUT2D eigenvalue weighted by atomic mass is 79.9. The van der Waals surface area contributed by atoms with Crippen molar-refractivity contribution in [3.8, 4) is 0 Å². The van der Waals surface area contributed by atoms with Gasteiger partial charge in [-0.1, -0.05) is 15.9 Å². The predicted molar refractivity (Wildman–Crippen MR) is 130 cm³/mol. The second kappa shape index (κ2) is 10.5. The standard InChI is InChI=1S/C24H37BrN4O2/c1-26-22-15-19(25)14-21(23(22)27-20-4-3-9-28(2)16-20)24(30)29-10-5-17(6-11-29)18-7-12-31-13-8-18/h14-15,17-18,20,26-27H,3-13,16H2,1-2H3. The Morgan fingerprint density at radius 1 is 1.06 bits per heavy atom. The first-order valence-electron chi connectivity index (χ1n) is 11.9. The first kappa shape index (κ1) is 22.9. The number of amides is 1. The van der Waals surface area contributed by atoms with Gasteiger partial charge in [-0.3, -0.25) is 4.79 Å². The van der Waals surface area contributed by atoms with E-state index in [-0.39, 0.29) is 5.91 Å². The number of likely N-dealkylation sites (N-methyl/N-ethyl adjacent to an activating group) is 1. The number of rotatable bonds is 5. The highest BCUT2D eigenvalue weighted by molar-refractivity contribution is 9.10. The van der Waals surface area contributed by atoms with Crippen molar-refractivity contribution in [3.05, 3.63) is 22.2 Å². The average molecular weight is 493 g/mol. The summed E-state index contributed by atoms with van der Waals surface area (Å²) in [7, 11) is 4.09. The summed E-state index contributed by atoms with van der Waals surface area (Å²) in [5.41, 5.74) is 2.70. The summed E-state index contributed by atoms with van der Waals surface area (Å²) >= 11 is 3.62. The number of piperidine rings is 2. The molecule has 1 atom stereocenters. The molecule has 2 N–H and O–H groups in total. The van der Waals surface area contributed by atoms with E-state index in [0.717, 1.165) is 91.9 Å². The minimum Gasteiger partial charge on any atom is -0.386 e. The second-order valence-corrected chi connectivity index (χ2v) is 10.4. The van der Waals surface area contributed by atoms with Crippen LogP contribution in [0.1, 0.15) is 48.9 Å². The number of hydrogen-bond donors (Lipinski definition) is 2. The zero-order valence-corrected chi connectivity index (χ0v) is 20.5. The molecule has 4 rings (SSSR count). The number of benzene rings is 1. The van der Waals surface area contributed by atoms with Crippen molar-refractivity contribution in [1.29, 1.82) is 0 Å². The van der Waals surface area contributed by atoms with Gasteiger partial charge in [0.1, 0.15) is 0 Å². The minimum absolute atomic E-state index is 0.148. The van der Waals surface area contributed by atoms with Crippen molar-refractivity contribution in [3.63, 3.8) is 0 Å². The fourth-order valence-electron chi connectivity index (χ4n) is 5.55. The van der Waals surface area contributed by atoms with Gasteiger partial charge in [0.2, 0.25) is 0 Å². The molecular formula is C24H37BrN4O2. The maximum Gasteiger partial charge on any atom is 0.256 e. The Morgan fingerprint density at radius 3 is 2.45 bits per heavy atom. The van der Waals surface area contributed by atoms with E-state index in [9.17, 15) is 4.79 Å². The van der Waals surface area contributed by atoms with Crippen molar-refractivity contribution in [2.24, 2.45) is 11.8 Å². The van der Waals surface area contributed by atoms with Crippen LogP contribution >= 0.6 is 15.9 Å². The largest absolute Gasteiger partial charge is 0.386 e. The predicted octanol–water partition coefficient (Wildman–Crippen LogP) is 4.28. The van der Waals surface area contributed by atoms with Crippen LogP contribution in [-0.4, -0.2) is 75.2 Å². The van der Waals surface area contributed by atoms with Crippen LogP contribution in [0.3, 0.4) is 0 Å². The van der Waals surface area contributed by atoms with Crippen LogP contribution in [0.15, 0.2) is 16.6 Å². The lowest BCUT2D eigenvalue weighted by Gasteiger charge is -2.38. The normalized spacial score (nSPS) is 24.2. The topological polar surface area (TPSA) is 56.8 Å². The number of ether oxygens (including phenoxy) is 1. The molecule has 3 fully saturated rings. The van der Waals surface area contributed by atoms with Gasteiger partial charge in [-0.05, 0) is 76.1 Å². The Labute approximate surface area is 195 Å². The molecule has 172 valence electrons. The van der Waals surface area contributed by atoms with Gasteiger partial charge < -0.3 is 25.2 Å². The van der Waals surface area contributed by atoms with Gasteiger partial charge in [-0.2, -0.15) is 0 Å². The van der Waals surface area contributed by atoms with Crippen molar-refractivity contribution in [2.45, 2.75) is 44.6 Å². The fraction of sp³-hybridized carbons (Fsp3) is 0.708. The lowest BCUT2D eigenvalue weighted by Crippen LogP contribution is -2.42. The van der Waals surface area contributed by atoms with Crippen LogP contribution in [0.2, 0.25) is 0 Å². The molecule has 1 unspecified atom stereocenters. The zero-order valence-electron chi connectivity index (χ0n) is 19.0. The smallest absolute Gasteiger partial charge is 0.256 e. The second-order valence-electron chi connectivity index (χ2n) is 9.45. The van der Waals surface area contributed by atoms with Crippen LogP contribution in [0.25, 0.3) is 0 Å². The monoisotopic (exact) mass is 492 g/mol. The maximum absolute atomic E-state index is 13.6. The van der Waals surface area contributed by atoms with E-state index >= 15 is 0 Å². The molecule has 0 aliphatic carbocycles. The Morgan fingerprint density at radius 2 is 1.77 bits per heavy atom. The molecule has 31 heavy (non-hydrogen) atoms. The molecule has 0 spiro atoms.